The maximum absolute atomic E-state index is 12.0. The number of aryl methyl sites for hydroxylation is 3. The molecule has 6 heteroatoms. The predicted molar refractivity (Wildman–Crippen MR) is 97.8 cm³/mol. The first kappa shape index (κ1) is 17.7. The lowest BCUT2D eigenvalue weighted by Gasteiger charge is -2.03. The predicted octanol–water partition coefficient (Wildman–Crippen LogP) is 3.85. The van der Waals surface area contributed by atoms with E-state index < -0.39 is 5.97 Å². The first-order chi connectivity index (χ1) is 12.5. The number of ether oxygens (including phenoxy) is 1. The highest BCUT2D eigenvalue weighted by molar-refractivity contribution is 5.87. The van der Waals surface area contributed by atoms with Crippen molar-refractivity contribution in [2.45, 2.75) is 34.3 Å². The van der Waals surface area contributed by atoms with Crippen LogP contribution in [-0.2, 0) is 16.1 Å². The van der Waals surface area contributed by atoms with E-state index >= 15 is 0 Å². The summed E-state index contributed by atoms with van der Waals surface area (Å²) >= 11 is 0. The van der Waals surface area contributed by atoms with Crippen LogP contribution in [0.25, 0.3) is 11.8 Å². The Bertz CT molecular complexity index is 933. The minimum atomic E-state index is -0.420. The molecule has 1 aromatic carbocycles. The van der Waals surface area contributed by atoms with Crippen molar-refractivity contribution in [1.82, 2.24) is 14.9 Å². The lowest BCUT2D eigenvalue weighted by molar-refractivity contribution is -0.138. The SMILES string of the molecule is Cc1nn(-c2ccccc2)c(C)c1/C=C/C(=O)OCc1c(C)noc1C. The smallest absolute Gasteiger partial charge is 0.331 e. The molecule has 2 heterocycles. The van der Waals surface area contributed by atoms with Crippen molar-refractivity contribution in [2.24, 2.45) is 0 Å². The van der Waals surface area contributed by atoms with E-state index in [0.717, 1.165) is 33.9 Å². The summed E-state index contributed by atoms with van der Waals surface area (Å²) in [5, 5.41) is 8.41. The average Bonchev–Trinajstić information content (AvgIpc) is 3.11. The molecule has 0 radical (unpaired) electrons. The van der Waals surface area contributed by atoms with Gasteiger partial charge in [-0.3, -0.25) is 0 Å². The summed E-state index contributed by atoms with van der Waals surface area (Å²) in [4.78, 5) is 12.0. The van der Waals surface area contributed by atoms with Crippen molar-refractivity contribution in [3.63, 3.8) is 0 Å². The highest BCUT2D eigenvalue weighted by Gasteiger charge is 2.12. The normalized spacial score (nSPS) is 11.2. The van der Waals surface area contributed by atoms with Gasteiger partial charge in [-0.25, -0.2) is 9.48 Å². The third kappa shape index (κ3) is 3.59. The van der Waals surface area contributed by atoms with Crippen LogP contribution in [0.1, 0.15) is 34.0 Å². The van der Waals surface area contributed by atoms with Crippen molar-refractivity contribution >= 4 is 12.0 Å². The molecule has 3 rings (SSSR count). The van der Waals surface area contributed by atoms with Gasteiger partial charge in [0.2, 0.25) is 0 Å². The van der Waals surface area contributed by atoms with Gasteiger partial charge in [-0.15, -0.1) is 0 Å². The molecular formula is C20H21N3O3. The molecule has 0 amide bonds. The second-order valence-electron chi connectivity index (χ2n) is 6.08. The molecule has 0 aliphatic heterocycles. The zero-order valence-corrected chi connectivity index (χ0v) is 15.3. The van der Waals surface area contributed by atoms with Crippen molar-refractivity contribution in [2.75, 3.05) is 0 Å². The van der Waals surface area contributed by atoms with Crippen LogP contribution >= 0.6 is 0 Å². The molecule has 0 saturated carbocycles. The molecule has 0 aliphatic rings. The van der Waals surface area contributed by atoms with Gasteiger partial charge in [-0.1, -0.05) is 23.4 Å². The molecule has 0 saturated heterocycles. The number of benzene rings is 1. The number of aromatic nitrogens is 3. The number of para-hydroxylation sites is 1. The van der Waals surface area contributed by atoms with Crippen LogP contribution in [-0.4, -0.2) is 20.9 Å². The second kappa shape index (κ2) is 7.39. The topological polar surface area (TPSA) is 70.2 Å². The van der Waals surface area contributed by atoms with Crippen molar-refractivity contribution < 1.29 is 14.1 Å². The highest BCUT2D eigenvalue weighted by atomic mass is 16.5. The number of esters is 1. The van der Waals surface area contributed by atoms with E-state index in [1.54, 1.807) is 13.0 Å². The molecule has 0 N–H and O–H groups in total. The summed E-state index contributed by atoms with van der Waals surface area (Å²) in [6.07, 6.45) is 3.16. The molecule has 6 nitrogen and oxygen atoms in total. The molecule has 2 aromatic heterocycles. The van der Waals surface area contributed by atoms with E-state index in [1.165, 1.54) is 6.08 Å². The van der Waals surface area contributed by atoms with Crippen LogP contribution < -0.4 is 0 Å². The fourth-order valence-corrected chi connectivity index (χ4v) is 2.77. The van der Waals surface area contributed by atoms with E-state index in [9.17, 15) is 4.79 Å². The van der Waals surface area contributed by atoms with Crippen LogP contribution in [0.15, 0.2) is 40.9 Å². The molecule has 26 heavy (non-hydrogen) atoms. The summed E-state index contributed by atoms with van der Waals surface area (Å²) in [6.45, 7) is 7.65. The van der Waals surface area contributed by atoms with Gasteiger partial charge in [0.1, 0.15) is 12.4 Å². The van der Waals surface area contributed by atoms with Crippen molar-refractivity contribution in [1.29, 1.82) is 0 Å². The Hall–Kier alpha value is -3.15. The fourth-order valence-electron chi connectivity index (χ4n) is 2.77. The summed E-state index contributed by atoms with van der Waals surface area (Å²) in [5.74, 6) is 0.242. The Morgan fingerprint density at radius 3 is 2.54 bits per heavy atom. The lowest BCUT2D eigenvalue weighted by atomic mass is 10.2. The Labute approximate surface area is 152 Å². The molecule has 0 atom stereocenters. The minimum Gasteiger partial charge on any atom is -0.457 e. The minimum absolute atomic E-state index is 0.144. The summed E-state index contributed by atoms with van der Waals surface area (Å²) in [7, 11) is 0. The number of rotatable bonds is 5. The van der Waals surface area contributed by atoms with E-state index in [-0.39, 0.29) is 6.61 Å². The highest BCUT2D eigenvalue weighted by Crippen LogP contribution is 2.19. The van der Waals surface area contributed by atoms with Gasteiger partial charge >= 0.3 is 5.97 Å². The zero-order chi connectivity index (χ0) is 18.7. The van der Waals surface area contributed by atoms with Gasteiger partial charge in [-0.05, 0) is 45.9 Å². The molecule has 0 bridgehead atoms. The van der Waals surface area contributed by atoms with Crippen LogP contribution in [0.3, 0.4) is 0 Å². The van der Waals surface area contributed by atoms with Crippen molar-refractivity contribution in [3.05, 3.63) is 70.4 Å². The molecule has 0 unspecified atom stereocenters. The Balaban J connectivity index is 1.72. The third-order valence-electron chi connectivity index (χ3n) is 4.27. The van der Waals surface area contributed by atoms with E-state index in [0.29, 0.717) is 5.76 Å². The number of hydrogen-bond donors (Lipinski definition) is 0. The van der Waals surface area contributed by atoms with Crippen LogP contribution in [0.4, 0.5) is 0 Å². The van der Waals surface area contributed by atoms with Crippen LogP contribution in [0.2, 0.25) is 0 Å². The molecular weight excluding hydrogens is 330 g/mol. The molecule has 134 valence electrons. The van der Waals surface area contributed by atoms with Gasteiger partial charge in [0, 0.05) is 17.3 Å². The summed E-state index contributed by atoms with van der Waals surface area (Å²) in [6, 6.07) is 9.88. The third-order valence-corrected chi connectivity index (χ3v) is 4.27. The van der Waals surface area contributed by atoms with Crippen LogP contribution in [0, 0.1) is 27.7 Å². The van der Waals surface area contributed by atoms with Gasteiger partial charge in [0.25, 0.3) is 0 Å². The second-order valence-corrected chi connectivity index (χ2v) is 6.08. The van der Waals surface area contributed by atoms with Crippen LogP contribution in [0.5, 0.6) is 0 Å². The number of carbonyl (C=O) groups excluding carboxylic acids is 1. The number of hydrogen-bond acceptors (Lipinski definition) is 5. The van der Waals surface area contributed by atoms with Gasteiger partial charge in [0.05, 0.1) is 22.6 Å². The van der Waals surface area contributed by atoms with E-state index in [2.05, 4.69) is 10.3 Å². The Morgan fingerprint density at radius 1 is 1.15 bits per heavy atom. The van der Waals surface area contributed by atoms with Crippen molar-refractivity contribution in [3.8, 4) is 5.69 Å². The molecule has 0 fully saturated rings. The Kier molecular flexibility index (Phi) is 5.02. The molecule has 0 aliphatic carbocycles. The fraction of sp³-hybridized carbons (Fsp3) is 0.250. The summed E-state index contributed by atoms with van der Waals surface area (Å²) < 4.78 is 12.2. The maximum Gasteiger partial charge on any atom is 0.331 e. The first-order valence-corrected chi connectivity index (χ1v) is 8.35. The van der Waals surface area contributed by atoms with Gasteiger partial charge in [-0.2, -0.15) is 5.10 Å². The number of carbonyl (C=O) groups is 1. The first-order valence-electron chi connectivity index (χ1n) is 8.35. The average molecular weight is 351 g/mol. The summed E-state index contributed by atoms with van der Waals surface area (Å²) in [5.41, 5.74) is 5.23. The quantitative estimate of drug-likeness (QED) is 0.516. The van der Waals surface area contributed by atoms with Gasteiger partial charge in [0.15, 0.2) is 0 Å². The number of nitrogens with zero attached hydrogens (tertiary/aromatic N) is 3. The molecule has 3 aromatic rings. The zero-order valence-electron chi connectivity index (χ0n) is 15.3. The van der Waals surface area contributed by atoms with E-state index in [1.807, 2.05) is 55.8 Å². The maximum atomic E-state index is 12.0. The standard InChI is InChI=1S/C20H21N3O3/c1-13-18(15(3)23(21-13)17-8-6-5-7-9-17)10-11-20(24)25-12-19-14(2)22-26-16(19)4/h5-11H,12H2,1-4H3/b11-10+. The Morgan fingerprint density at radius 2 is 1.88 bits per heavy atom. The lowest BCUT2D eigenvalue weighted by Crippen LogP contribution is -2.02. The largest absolute Gasteiger partial charge is 0.457 e. The van der Waals surface area contributed by atoms with E-state index in [4.69, 9.17) is 9.26 Å². The molecule has 0 spiro atoms. The van der Waals surface area contributed by atoms with Gasteiger partial charge < -0.3 is 9.26 Å². The monoisotopic (exact) mass is 351 g/mol.